The Morgan fingerprint density at radius 1 is 1.12 bits per heavy atom. The lowest BCUT2D eigenvalue weighted by atomic mass is 9.99. The number of halogens is 1. The van der Waals surface area contributed by atoms with Crippen molar-refractivity contribution in [2.24, 2.45) is 5.92 Å². The molecule has 0 N–H and O–H groups in total. The maximum Gasteiger partial charge on any atom is 0.0439 e. The van der Waals surface area contributed by atoms with Gasteiger partial charge in [0.25, 0.3) is 0 Å². The minimum absolute atomic E-state index is 0.516. The monoisotopic (exact) mass is 236 g/mol. The highest BCUT2D eigenvalue weighted by Gasteiger charge is 2.02. The minimum atomic E-state index is 0.516. The molecule has 0 saturated carbocycles. The van der Waals surface area contributed by atoms with Gasteiger partial charge in [0.2, 0.25) is 0 Å². The predicted octanol–water partition coefficient (Wildman–Crippen LogP) is 5.09. The van der Waals surface area contributed by atoms with E-state index in [1.807, 2.05) is 0 Å². The Kier molecular flexibility index (Phi) is 5.08. The van der Waals surface area contributed by atoms with Crippen LogP contribution < -0.4 is 0 Å². The molecule has 0 unspecified atom stereocenters. The van der Waals surface area contributed by atoms with Crippen LogP contribution in [-0.4, -0.2) is 5.88 Å². The van der Waals surface area contributed by atoms with Crippen molar-refractivity contribution in [3.8, 4) is 0 Å². The molecule has 0 nitrogen and oxygen atoms in total. The van der Waals surface area contributed by atoms with E-state index in [1.165, 1.54) is 16.7 Å². The Labute approximate surface area is 104 Å². The lowest BCUT2D eigenvalue weighted by Gasteiger charge is -2.09. The maximum absolute atomic E-state index is 5.93. The number of hydrogen-bond donors (Lipinski definition) is 0. The van der Waals surface area contributed by atoms with E-state index in [-0.39, 0.29) is 0 Å². The first-order chi connectivity index (χ1) is 7.54. The summed E-state index contributed by atoms with van der Waals surface area (Å²) in [6, 6.07) is 8.74. The number of hydrogen-bond acceptors (Lipinski definition) is 0. The Balaban J connectivity index is 2.89. The first kappa shape index (κ1) is 13.3. The summed E-state index contributed by atoms with van der Waals surface area (Å²) in [6.45, 7) is 8.78. The van der Waals surface area contributed by atoms with Gasteiger partial charge >= 0.3 is 0 Å². The van der Waals surface area contributed by atoms with Gasteiger partial charge in [0.05, 0.1) is 0 Å². The molecule has 0 aromatic heterocycles. The first-order valence-corrected chi connectivity index (χ1v) is 6.44. The third kappa shape index (κ3) is 3.68. The predicted molar refractivity (Wildman–Crippen MR) is 74.1 cm³/mol. The second-order valence-electron chi connectivity index (χ2n) is 4.83. The second-order valence-corrected chi connectivity index (χ2v) is 5.10. The van der Waals surface area contributed by atoms with E-state index in [0.717, 1.165) is 0 Å². The highest BCUT2D eigenvalue weighted by molar-refractivity contribution is 6.19. The standard InChI is InChI=1S/C15H21Cl/c1-11(2)14-7-5-13(6-8-14)9-15(10-16)12(3)4/h5-9,11-12H,10H2,1-4H3. The van der Waals surface area contributed by atoms with E-state index in [2.05, 4.69) is 58.0 Å². The number of allylic oxidation sites excluding steroid dienone is 1. The maximum atomic E-state index is 5.93. The Morgan fingerprint density at radius 2 is 1.69 bits per heavy atom. The zero-order valence-electron chi connectivity index (χ0n) is 10.6. The summed E-state index contributed by atoms with van der Waals surface area (Å²) in [5.41, 5.74) is 3.92. The summed E-state index contributed by atoms with van der Waals surface area (Å²) in [5, 5.41) is 0. The molecule has 1 aromatic carbocycles. The highest BCUT2D eigenvalue weighted by atomic mass is 35.5. The molecule has 1 rings (SSSR count). The van der Waals surface area contributed by atoms with Gasteiger partial charge in [-0.2, -0.15) is 0 Å². The van der Waals surface area contributed by atoms with Gasteiger partial charge in [-0.15, -0.1) is 11.6 Å². The topological polar surface area (TPSA) is 0 Å². The molecule has 0 aliphatic carbocycles. The summed E-state index contributed by atoms with van der Waals surface area (Å²) in [7, 11) is 0. The van der Waals surface area contributed by atoms with Gasteiger partial charge in [0.15, 0.2) is 0 Å². The van der Waals surface area contributed by atoms with Crippen LogP contribution in [0.25, 0.3) is 6.08 Å². The van der Waals surface area contributed by atoms with Crippen molar-refractivity contribution in [3.05, 3.63) is 41.0 Å². The summed E-state index contributed by atoms with van der Waals surface area (Å²) in [4.78, 5) is 0. The molecule has 1 heteroatoms. The largest absolute Gasteiger partial charge is 0.122 e. The van der Waals surface area contributed by atoms with Crippen LogP contribution in [0.2, 0.25) is 0 Å². The van der Waals surface area contributed by atoms with E-state index in [9.17, 15) is 0 Å². The van der Waals surface area contributed by atoms with Crippen molar-refractivity contribution < 1.29 is 0 Å². The molecule has 0 amide bonds. The van der Waals surface area contributed by atoms with Crippen LogP contribution in [0.3, 0.4) is 0 Å². The van der Waals surface area contributed by atoms with Crippen molar-refractivity contribution in [3.63, 3.8) is 0 Å². The van der Waals surface area contributed by atoms with Crippen LogP contribution in [-0.2, 0) is 0 Å². The number of alkyl halides is 1. The smallest absolute Gasteiger partial charge is 0.0439 e. The molecular formula is C15H21Cl. The Bertz CT molecular complexity index is 344. The summed E-state index contributed by atoms with van der Waals surface area (Å²) < 4.78 is 0. The minimum Gasteiger partial charge on any atom is -0.122 e. The van der Waals surface area contributed by atoms with Crippen molar-refractivity contribution in [1.82, 2.24) is 0 Å². The fourth-order valence-corrected chi connectivity index (χ4v) is 1.94. The molecule has 0 atom stereocenters. The lowest BCUT2D eigenvalue weighted by Crippen LogP contribution is -1.95. The van der Waals surface area contributed by atoms with Crippen LogP contribution in [0, 0.1) is 5.92 Å². The summed E-state index contributed by atoms with van der Waals surface area (Å²) in [5.74, 6) is 1.72. The van der Waals surface area contributed by atoms with E-state index in [0.29, 0.717) is 17.7 Å². The normalized spacial score (nSPS) is 12.6. The molecule has 16 heavy (non-hydrogen) atoms. The van der Waals surface area contributed by atoms with Crippen LogP contribution in [0.1, 0.15) is 44.7 Å². The van der Waals surface area contributed by atoms with Gasteiger partial charge in [-0.25, -0.2) is 0 Å². The molecule has 0 saturated heterocycles. The van der Waals surface area contributed by atoms with Crippen LogP contribution in [0.5, 0.6) is 0 Å². The van der Waals surface area contributed by atoms with E-state index in [1.54, 1.807) is 0 Å². The molecule has 0 aliphatic rings. The molecule has 0 bridgehead atoms. The summed E-state index contributed by atoms with van der Waals surface area (Å²) >= 11 is 5.93. The molecule has 0 heterocycles. The fourth-order valence-electron chi connectivity index (χ4n) is 1.55. The Hall–Kier alpha value is -0.750. The van der Waals surface area contributed by atoms with Gasteiger partial charge in [-0.1, -0.05) is 63.6 Å². The van der Waals surface area contributed by atoms with Crippen molar-refractivity contribution in [2.45, 2.75) is 33.6 Å². The molecule has 88 valence electrons. The molecular weight excluding hydrogens is 216 g/mol. The first-order valence-electron chi connectivity index (χ1n) is 5.91. The quantitative estimate of drug-likeness (QED) is 0.639. The zero-order valence-corrected chi connectivity index (χ0v) is 11.4. The molecule has 1 aromatic rings. The van der Waals surface area contributed by atoms with Crippen molar-refractivity contribution >= 4 is 17.7 Å². The van der Waals surface area contributed by atoms with E-state index >= 15 is 0 Å². The third-order valence-electron chi connectivity index (χ3n) is 2.85. The molecule has 0 radical (unpaired) electrons. The highest BCUT2D eigenvalue weighted by Crippen LogP contribution is 2.19. The van der Waals surface area contributed by atoms with Gasteiger partial charge in [0.1, 0.15) is 0 Å². The Morgan fingerprint density at radius 3 is 2.06 bits per heavy atom. The lowest BCUT2D eigenvalue weighted by molar-refractivity contribution is 0.778. The van der Waals surface area contributed by atoms with Gasteiger partial charge in [0, 0.05) is 5.88 Å². The van der Waals surface area contributed by atoms with Gasteiger partial charge < -0.3 is 0 Å². The van der Waals surface area contributed by atoms with E-state index in [4.69, 9.17) is 11.6 Å². The average Bonchev–Trinajstić information content (AvgIpc) is 2.26. The molecule has 0 fully saturated rings. The van der Waals surface area contributed by atoms with Crippen molar-refractivity contribution in [1.29, 1.82) is 0 Å². The molecule has 0 spiro atoms. The van der Waals surface area contributed by atoms with Crippen molar-refractivity contribution in [2.75, 3.05) is 5.88 Å². The molecule has 0 aliphatic heterocycles. The third-order valence-corrected chi connectivity index (χ3v) is 3.16. The zero-order chi connectivity index (χ0) is 12.1. The number of rotatable bonds is 4. The van der Waals surface area contributed by atoms with E-state index < -0.39 is 0 Å². The average molecular weight is 237 g/mol. The summed E-state index contributed by atoms with van der Waals surface area (Å²) in [6.07, 6.45) is 2.20. The van der Waals surface area contributed by atoms with Crippen LogP contribution in [0.15, 0.2) is 29.8 Å². The SMILES string of the molecule is CC(C)C(=Cc1ccc(C(C)C)cc1)CCl. The second kappa shape index (κ2) is 6.10. The van der Waals surface area contributed by atoms with Gasteiger partial charge in [-0.05, 0) is 23.0 Å². The fraction of sp³-hybridized carbons (Fsp3) is 0.467. The van der Waals surface area contributed by atoms with Gasteiger partial charge in [-0.3, -0.25) is 0 Å². The van der Waals surface area contributed by atoms with Crippen LogP contribution in [0.4, 0.5) is 0 Å². The van der Waals surface area contributed by atoms with Crippen LogP contribution >= 0.6 is 11.6 Å². The number of benzene rings is 1.